The molecule has 0 fully saturated rings. The molecule has 1 heterocycles. The molecule has 1 aliphatic heterocycles. The third-order valence-corrected chi connectivity index (χ3v) is 4.88. The Morgan fingerprint density at radius 1 is 1.43 bits per heavy atom. The fraction of sp³-hybridized carbons (Fsp3) is 0.556. The summed E-state index contributed by atoms with van der Waals surface area (Å²) in [6.45, 7) is 13.3. The predicted molar refractivity (Wildman–Crippen MR) is 102 cm³/mol. The number of likely N-dealkylation sites (N-methyl/N-ethyl adjacent to an activating group) is 1. The first-order chi connectivity index (χ1) is 10.6. The van der Waals surface area contributed by atoms with Gasteiger partial charge < -0.3 is 9.55 Å². The standard InChI is InChI=1S/C18H28BFNOS/c1-7-15(19-22-17(2,3)18(4,5)23)16(20)9-8-14-10-12-21(6)13-11-14/h7-10,23H,1,11-13H2,2-6H3/b9-8+,16-15-. The molecule has 0 aromatic rings. The van der Waals surface area contributed by atoms with E-state index in [4.69, 9.17) is 4.65 Å². The highest BCUT2D eigenvalue weighted by molar-refractivity contribution is 7.81. The van der Waals surface area contributed by atoms with Gasteiger partial charge in [-0.15, -0.1) is 0 Å². The molecule has 2 nitrogen and oxygen atoms in total. The second-order valence-electron chi connectivity index (χ2n) is 6.94. The number of allylic oxidation sites excluding steroid dienone is 5. The second-order valence-corrected chi connectivity index (χ2v) is 8.06. The van der Waals surface area contributed by atoms with Crippen LogP contribution in [0, 0.1) is 0 Å². The number of nitrogens with zero attached hydrogens (tertiary/aromatic N) is 1. The van der Waals surface area contributed by atoms with Crippen LogP contribution in [0.25, 0.3) is 0 Å². The van der Waals surface area contributed by atoms with E-state index in [-0.39, 0.29) is 10.6 Å². The van der Waals surface area contributed by atoms with E-state index >= 15 is 0 Å². The molecule has 0 aromatic carbocycles. The third kappa shape index (κ3) is 6.32. The number of halogens is 1. The molecule has 0 atom stereocenters. The Labute approximate surface area is 146 Å². The predicted octanol–water partition coefficient (Wildman–Crippen LogP) is 4.29. The highest BCUT2D eigenvalue weighted by Crippen LogP contribution is 2.31. The van der Waals surface area contributed by atoms with Crippen molar-refractivity contribution in [3.63, 3.8) is 0 Å². The molecule has 0 N–H and O–H groups in total. The number of thiol groups is 1. The molecule has 0 saturated heterocycles. The minimum Gasteiger partial charge on any atom is -0.428 e. The Bertz CT molecular complexity index is 518. The smallest absolute Gasteiger partial charge is 0.333 e. The van der Waals surface area contributed by atoms with Crippen molar-refractivity contribution in [3.05, 3.63) is 47.8 Å². The normalized spacial score (nSPS) is 18.7. The lowest BCUT2D eigenvalue weighted by Crippen LogP contribution is -2.44. The lowest BCUT2D eigenvalue weighted by Gasteiger charge is -2.38. The first kappa shape index (κ1) is 20.3. The van der Waals surface area contributed by atoms with Crippen LogP contribution in [0.2, 0.25) is 0 Å². The summed E-state index contributed by atoms with van der Waals surface area (Å²) in [6.07, 6.45) is 7.82. The summed E-state index contributed by atoms with van der Waals surface area (Å²) >= 11 is 4.53. The molecular formula is C18H28BFNOS. The van der Waals surface area contributed by atoms with Gasteiger partial charge in [0.1, 0.15) is 5.83 Å². The summed E-state index contributed by atoms with van der Waals surface area (Å²) in [5, 5.41) is 0. The van der Waals surface area contributed by atoms with Gasteiger partial charge in [-0.2, -0.15) is 12.6 Å². The average molecular weight is 336 g/mol. The summed E-state index contributed by atoms with van der Waals surface area (Å²) in [4.78, 5) is 2.22. The third-order valence-electron chi connectivity index (χ3n) is 4.34. The fourth-order valence-corrected chi connectivity index (χ4v) is 1.82. The van der Waals surface area contributed by atoms with Crippen LogP contribution in [0.1, 0.15) is 34.1 Å². The molecule has 127 valence electrons. The zero-order chi connectivity index (χ0) is 17.7. The Balaban J connectivity index is 2.74. The quantitative estimate of drug-likeness (QED) is 0.423. The fourth-order valence-electron chi connectivity index (χ4n) is 1.77. The largest absolute Gasteiger partial charge is 0.428 e. The van der Waals surface area contributed by atoms with E-state index in [0.717, 1.165) is 25.1 Å². The number of hydrogen-bond donors (Lipinski definition) is 1. The summed E-state index contributed by atoms with van der Waals surface area (Å²) in [5.74, 6) is -0.354. The maximum atomic E-state index is 14.3. The SMILES string of the molecule is C=C/C([B]OC(C)(C)C(C)(C)S)=C(F)\C=C\C1=CCN(C)CC1. The molecule has 0 bridgehead atoms. The van der Waals surface area contributed by atoms with Crippen molar-refractivity contribution in [2.24, 2.45) is 0 Å². The Hall–Kier alpha value is -0.775. The molecule has 1 rings (SSSR count). The summed E-state index contributed by atoms with van der Waals surface area (Å²) in [6, 6.07) is 0. The number of hydrogen-bond acceptors (Lipinski definition) is 3. The van der Waals surface area contributed by atoms with E-state index in [0.29, 0.717) is 5.47 Å². The summed E-state index contributed by atoms with van der Waals surface area (Å²) in [5.41, 5.74) is 0.949. The van der Waals surface area contributed by atoms with Gasteiger partial charge in [-0.05, 0) is 58.3 Å². The monoisotopic (exact) mass is 336 g/mol. The summed E-state index contributed by atoms with van der Waals surface area (Å²) in [7, 11) is 3.50. The van der Waals surface area contributed by atoms with E-state index in [9.17, 15) is 4.39 Å². The van der Waals surface area contributed by atoms with Gasteiger partial charge in [-0.25, -0.2) is 4.39 Å². The van der Waals surface area contributed by atoms with Crippen molar-refractivity contribution in [1.82, 2.24) is 4.90 Å². The van der Waals surface area contributed by atoms with Crippen molar-refractivity contribution in [1.29, 1.82) is 0 Å². The van der Waals surface area contributed by atoms with E-state index < -0.39 is 5.60 Å². The molecule has 0 saturated carbocycles. The maximum Gasteiger partial charge on any atom is 0.333 e. The first-order valence-corrected chi connectivity index (χ1v) is 8.33. The maximum absolute atomic E-state index is 14.3. The van der Waals surface area contributed by atoms with Gasteiger partial charge >= 0.3 is 7.48 Å². The zero-order valence-corrected chi connectivity index (χ0v) is 15.8. The lowest BCUT2D eigenvalue weighted by atomic mass is 9.82. The topological polar surface area (TPSA) is 12.5 Å². The Morgan fingerprint density at radius 3 is 2.57 bits per heavy atom. The molecule has 0 aliphatic carbocycles. The van der Waals surface area contributed by atoms with E-state index in [2.05, 4.69) is 37.2 Å². The van der Waals surface area contributed by atoms with Crippen molar-refractivity contribution < 1.29 is 9.04 Å². The van der Waals surface area contributed by atoms with Crippen LogP contribution in [-0.2, 0) is 4.65 Å². The van der Waals surface area contributed by atoms with Crippen molar-refractivity contribution in [3.8, 4) is 0 Å². The molecule has 23 heavy (non-hydrogen) atoms. The molecule has 5 heteroatoms. The summed E-state index contributed by atoms with van der Waals surface area (Å²) < 4.78 is 19.7. The molecule has 0 spiro atoms. The molecule has 0 amide bonds. The van der Waals surface area contributed by atoms with Gasteiger partial charge in [0.25, 0.3) is 0 Å². The second kappa shape index (κ2) is 8.36. The van der Waals surface area contributed by atoms with Crippen LogP contribution in [0.15, 0.2) is 47.8 Å². The van der Waals surface area contributed by atoms with Gasteiger partial charge in [0.2, 0.25) is 0 Å². The van der Waals surface area contributed by atoms with E-state index in [1.807, 2.05) is 33.8 Å². The Morgan fingerprint density at radius 2 is 2.09 bits per heavy atom. The average Bonchev–Trinajstić information content (AvgIpc) is 2.46. The van der Waals surface area contributed by atoms with E-state index in [1.54, 1.807) is 0 Å². The lowest BCUT2D eigenvalue weighted by molar-refractivity contribution is 0.0845. The number of rotatable bonds is 7. The molecule has 1 aliphatic rings. The molecule has 1 radical (unpaired) electrons. The van der Waals surface area contributed by atoms with E-state index in [1.165, 1.54) is 19.6 Å². The first-order valence-electron chi connectivity index (χ1n) is 7.88. The highest BCUT2D eigenvalue weighted by atomic mass is 32.1. The minimum atomic E-state index is -0.537. The van der Waals surface area contributed by atoms with Crippen LogP contribution < -0.4 is 0 Å². The zero-order valence-electron chi connectivity index (χ0n) is 14.9. The molecule has 0 aromatic heterocycles. The van der Waals surface area contributed by atoms with Crippen LogP contribution in [0.5, 0.6) is 0 Å². The van der Waals surface area contributed by atoms with Gasteiger partial charge in [0.15, 0.2) is 0 Å². The van der Waals surface area contributed by atoms with Gasteiger partial charge in [0.05, 0.1) is 5.60 Å². The van der Waals surface area contributed by atoms with Crippen molar-refractivity contribution >= 4 is 20.1 Å². The van der Waals surface area contributed by atoms with Crippen molar-refractivity contribution in [2.75, 3.05) is 20.1 Å². The van der Waals surface area contributed by atoms with Gasteiger partial charge in [-0.3, -0.25) is 0 Å². The van der Waals surface area contributed by atoms with Crippen LogP contribution >= 0.6 is 12.6 Å². The minimum absolute atomic E-state index is 0.334. The highest BCUT2D eigenvalue weighted by Gasteiger charge is 2.34. The van der Waals surface area contributed by atoms with Gasteiger partial charge in [0, 0.05) is 17.8 Å². The van der Waals surface area contributed by atoms with Crippen LogP contribution in [-0.4, -0.2) is 42.9 Å². The molecule has 0 unspecified atom stereocenters. The van der Waals surface area contributed by atoms with Crippen LogP contribution in [0.4, 0.5) is 4.39 Å². The van der Waals surface area contributed by atoms with Crippen LogP contribution in [0.3, 0.4) is 0 Å². The van der Waals surface area contributed by atoms with Crippen molar-refractivity contribution in [2.45, 2.75) is 44.5 Å². The van der Waals surface area contributed by atoms with Gasteiger partial charge in [-0.1, -0.05) is 24.8 Å². The Kier molecular flexibility index (Phi) is 7.37. The molecular weight excluding hydrogens is 308 g/mol.